The number of hydrogen-bond acceptors (Lipinski definition) is 0. The van der Waals surface area contributed by atoms with Crippen LogP contribution in [0.1, 0.15) is 4.28 Å². The largest absolute Gasteiger partial charge is 2.00 e. The van der Waals surface area contributed by atoms with Gasteiger partial charge in [-0.3, -0.25) is 0 Å². The molecule has 0 fully saturated rings. The third-order valence-corrected chi connectivity index (χ3v) is 0. The Kier molecular flexibility index (Phi) is 110. The molecule has 0 aliphatic rings. The summed E-state index contributed by atoms with van der Waals surface area (Å²) in [7, 11) is 0. The van der Waals surface area contributed by atoms with Crippen molar-refractivity contribution in [3.05, 3.63) is 0 Å². The minimum absolute atomic E-state index is 0. The van der Waals surface area contributed by atoms with Gasteiger partial charge in [-0.05, 0) is 11.0 Å². The van der Waals surface area contributed by atoms with E-state index in [-0.39, 0.29) is 106 Å². The summed E-state index contributed by atoms with van der Waals surface area (Å²) in [5, 5.41) is 0. The second-order valence-corrected chi connectivity index (χ2v) is 0. The van der Waals surface area contributed by atoms with Crippen molar-refractivity contribution in [3.8, 4) is 0 Å². The molecule has 0 spiro atoms. The number of hydrogen-bond donors (Lipinski definition) is 0. The van der Waals surface area contributed by atoms with E-state index in [2.05, 4.69) is 0 Å². The summed E-state index contributed by atoms with van der Waals surface area (Å²) < 4.78 is 0. The molecule has 0 atom stereocenters. The molecule has 0 heterocycles. The summed E-state index contributed by atoms with van der Waals surface area (Å²) in [5.41, 5.74) is 0. The van der Waals surface area contributed by atoms with Crippen molar-refractivity contribution < 1.29 is 33.8 Å². The van der Waals surface area contributed by atoms with Crippen molar-refractivity contribution in [1.29, 1.82) is 0 Å². The molecule has 0 saturated heterocycles. The zero-order valence-corrected chi connectivity index (χ0v) is 8.04. The van der Waals surface area contributed by atoms with Crippen LogP contribution in [-0.4, -0.2) is 71.8 Å². The van der Waals surface area contributed by atoms with Crippen molar-refractivity contribution in [1.82, 2.24) is 0 Å². The average molecular weight is 123 g/mol. The SMILES string of the molecule is [Ca+2].[H-].[H-].[H-].[Mg].[Na+].[SiH4]. The zero-order valence-electron chi connectivity index (χ0n) is 5.41. The van der Waals surface area contributed by atoms with Gasteiger partial charge in [0.15, 0.2) is 0 Å². The van der Waals surface area contributed by atoms with Gasteiger partial charge in [-0.2, -0.15) is 0 Å². The Hall–Kier alpha value is 3.24. The molecule has 0 amide bonds. The van der Waals surface area contributed by atoms with Gasteiger partial charge in [0.1, 0.15) is 0 Å². The first-order valence-electron chi connectivity index (χ1n) is 0. The van der Waals surface area contributed by atoms with Crippen LogP contribution in [0.3, 0.4) is 0 Å². The molecule has 0 aromatic rings. The molecule has 0 aliphatic carbocycles. The van der Waals surface area contributed by atoms with E-state index in [9.17, 15) is 0 Å². The van der Waals surface area contributed by atoms with Crippen LogP contribution in [0, 0.1) is 0 Å². The van der Waals surface area contributed by atoms with Crippen LogP contribution in [0.2, 0.25) is 0 Å². The molecule has 2 radical (unpaired) electrons. The first-order chi connectivity index (χ1) is 0. The van der Waals surface area contributed by atoms with E-state index in [0.29, 0.717) is 0 Å². The molecule has 0 rings (SSSR count). The van der Waals surface area contributed by atoms with Gasteiger partial charge in [-0.1, -0.05) is 0 Å². The van der Waals surface area contributed by atoms with Gasteiger partial charge in [-0.25, -0.2) is 0 Å². The Morgan fingerprint density at radius 2 is 1.25 bits per heavy atom. The molecular weight excluding hydrogens is 115 g/mol. The second kappa shape index (κ2) is 16.3. The van der Waals surface area contributed by atoms with E-state index in [1.165, 1.54) is 0 Å². The maximum atomic E-state index is 0. The first kappa shape index (κ1) is 26.8. The quantitative estimate of drug-likeness (QED) is 0.283. The van der Waals surface area contributed by atoms with Crippen molar-refractivity contribution in [2.45, 2.75) is 0 Å². The first-order valence-corrected chi connectivity index (χ1v) is 0. The molecule has 0 nitrogen and oxygen atoms in total. The Morgan fingerprint density at radius 1 is 1.25 bits per heavy atom. The third-order valence-electron chi connectivity index (χ3n) is 0. The Morgan fingerprint density at radius 3 is 1.25 bits per heavy atom. The predicted molar refractivity (Wildman–Crippen MR) is 26.2 cm³/mol. The van der Waals surface area contributed by atoms with Gasteiger partial charge in [0, 0.05) is 23.1 Å². The van der Waals surface area contributed by atoms with E-state index < -0.39 is 0 Å². The summed E-state index contributed by atoms with van der Waals surface area (Å²) >= 11 is 0. The molecule has 0 bridgehead atoms. The normalized spacial score (nSPS) is 0. The van der Waals surface area contributed by atoms with E-state index in [4.69, 9.17) is 0 Å². The van der Waals surface area contributed by atoms with Gasteiger partial charge >= 0.3 is 67.3 Å². The van der Waals surface area contributed by atoms with Gasteiger partial charge in [0.05, 0.1) is 0 Å². The van der Waals surface area contributed by atoms with E-state index in [1.54, 1.807) is 0 Å². The average Bonchev–Trinajstić information content (AvgIpc) is 0. The molecule has 0 aliphatic heterocycles. The van der Waals surface area contributed by atoms with Gasteiger partial charge < -0.3 is 4.28 Å². The van der Waals surface area contributed by atoms with Crippen LogP contribution in [0.25, 0.3) is 0 Å². The van der Waals surface area contributed by atoms with Crippen molar-refractivity contribution >= 4 is 71.8 Å². The molecule has 0 aromatic carbocycles. The predicted octanol–water partition coefficient (Wildman–Crippen LogP) is -4.87. The van der Waals surface area contributed by atoms with Gasteiger partial charge in [-0.15, -0.1) is 0 Å². The smallest absolute Gasteiger partial charge is 1.00 e. The van der Waals surface area contributed by atoms with Crippen LogP contribution >= 0.6 is 0 Å². The molecule has 0 N–H and O–H groups in total. The maximum Gasteiger partial charge on any atom is 2.00 e. The summed E-state index contributed by atoms with van der Waals surface area (Å²) in [6.07, 6.45) is 0. The molecular formula is H7CaMgNaSi. The van der Waals surface area contributed by atoms with Crippen LogP contribution in [-0.2, 0) is 0 Å². The van der Waals surface area contributed by atoms with Crippen LogP contribution in [0.5, 0.6) is 0 Å². The minimum Gasteiger partial charge on any atom is -1.00 e. The van der Waals surface area contributed by atoms with E-state index in [0.717, 1.165) is 0 Å². The molecule has 4 heteroatoms. The van der Waals surface area contributed by atoms with Crippen LogP contribution in [0.4, 0.5) is 0 Å². The monoisotopic (exact) mass is 122 g/mol. The summed E-state index contributed by atoms with van der Waals surface area (Å²) in [6, 6.07) is 0. The maximum absolute atomic E-state index is 0. The Labute approximate surface area is 103 Å². The van der Waals surface area contributed by atoms with Gasteiger partial charge in [0.2, 0.25) is 0 Å². The standard InChI is InChI=1S/Ca.Mg.Na.H4Si.3H/h;;;1H4;;;/q+2;;+1;;3*-1. The molecule has 0 saturated carbocycles. The van der Waals surface area contributed by atoms with Crippen LogP contribution < -0.4 is 29.6 Å². The van der Waals surface area contributed by atoms with Crippen molar-refractivity contribution in [2.75, 3.05) is 0 Å². The van der Waals surface area contributed by atoms with E-state index in [1.807, 2.05) is 0 Å². The third kappa shape index (κ3) is 8.97. The molecule has 16 valence electrons. The fourth-order valence-electron chi connectivity index (χ4n) is 0. The number of rotatable bonds is 0. The Bertz CT molecular complexity index is 14.9. The van der Waals surface area contributed by atoms with Crippen LogP contribution in [0.15, 0.2) is 0 Å². The van der Waals surface area contributed by atoms with E-state index >= 15 is 0 Å². The fourth-order valence-corrected chi connectivity index (χ4v) is 0. The molecule has 0 aromatic heterocycles. The minimum atomic E-state index is 0. The fraction of sp³-hybridized carbons (Fsp3) is 0. The topological polar surface area (TPSA) is 0 Å². The van der Waals surface area contributed by atoms with Crippen molar-refractivity contribution in [3.63, 3.8) is 0 Å². The molecule has 4 heavy (non-hydrogen) atoms. The summed E-state index contributed by atoms with van der Waals surface area (Å²) in [5.74, 6) is 0. The second-order valence-electron chi connectivity index (χ2n) is 0. The van der Waals surface area contributed by atoms with Gasteiger partial charge in [0.25, 0.3) is 0 Å². The summed E-state index contributed by atoms with van der Waals surface area (Å²) in [4.78, 5) is 0. The van der Waals surface area contributed by atoms with Crippen molar-refractivity contribution in [2.24, 2.45) is 0 Å². The summed E-state index contributed by atoms with van der Waals surface area (Å²) in [6.45, 7) is 0. The molecule has 0 unspecified atom stereocenters. The Balaban J connectivity index is 0. The zero-order chi connectivity index (χ0) is 0.